The quantitative estimate of drug-likeness (QED) is 0.910. The number of carboxylic acid groups (broad SMARTS) is 1. The molecule has 0 aliphatic heterocycles. The summed E-state index contributed by atoms with van der Waals surface area (Å²) in [6, 6.07) is 5.74. The topological polar surface area (TPSA) is 37.3 Å². The standard InChI is InChI=1S/C10H7BrO2S/c11-8-5-14-9-2-1-6(3-7(8)9)4-10(12)13/h1-3,5H,4H2,(H,12,13). The third-order valence-electron chi connectivity index (χ3n) is 1.95. The third-order valence-corrected chi connectivity index (χ3v) is 3.87. The maximum atomic E-state index is 10.5. The lowest BCUT2D eigenvalue weighted by Gasteiger charge is -1.97. The average molecular weight is 271 g/mol. The first-order chi connectivity index (χ1) is 6.66. The van der Waals surface area contributed by atoms with Crippen molar-refractivity contribution in [2.75, 3.05) is 0 Å². The van der Waals surface area contributed by atoms with Crippen molar-refractivity contribution in [2.24, 2.45) is 0 Å². The molecule has 1 aromatic heterocycles. The van der Waals surface area contributed by atoms with Crippen molar-refractivity contribution < 1.29 is 9.90 Å². The number of fused-ring (bicyclic) bond motifs is 1. The first kappa shape index (κ1) is 9.68. The van der Waals surface area contributed by atoms with E-state index in [0.29, 0.717) is 0 Å². The maximum absolute atomic E-state index is 10.5. The molecule has 0 amide bonds. The van der Waals surface area contributed by atoms with Crippen LogP contribution in [0.4, 0.5) is 0 Å². The van der Waals surface area contributed by atoms with Gasteiger partial charge in [0.15, 0.2) is 0 Å². The molecule has 0 spiro atoms. The molecule has 1 N–H and O–H groups in total. The van der Waals surface area contributed by atoms with Crippen LogP contribution in [0.1, 0.15) is 5.56 Å². The lowest BCUT2D eigenvalue weighted by molar-refractivity contribution is -0.136. The van der Waals surface area contributed by atoms with E-state index in [4.69, 9.17) is 5.11 Å². The summed E-state index contributed by atoms with van der Waals surface area (Å²) in [5.41, 5.74) is 0.837. The molecule has 1 heterocycles. The van der Waals surface area contributed by atoms with Crippen LogP contribution in [-0.2, 0) is 11.2 Å². The summed E-state index contributed by atoms with van der Waals surface area (Å²) in [4.78, 5) is 10.5. The number of benzene rings is 1. The van der Waals surface area contributed by atoms with Gasteiger partial charge in [0, 0.05) is 19.9 Å². The van der Waals surface area contributed by atoms with Crippen LogP contribution in [0.2, 0.25) is 0 Å². The first-order valence-electron chi connectivity index (χ1n) is 4.04. The highest BCUT2D eigenvalue weighted by Gasteiger charge is 2.04. The molecule has 0 saturated carbocycles. The second-order valence-electron chi connectivity index (χ2n) is 2.98. The molecule has 0 atom stereocenters. The van der Waals surface area contributed by atoms with Gasteiger partial charge in [-0.2, -0.15) is 0 Å². The Hall–Kier alpha value is -0.870. The molecule has 0 aliphatic carbocycles. The van der Waals surface area contributed by atoms with Crippen LogP contribution in [0.3, 0.4) is 0 Å². The van der Waals surface area contributed by atoms with E-state index in [1.54, 1.807) is 11.3 Å². The fourth-order valence-electron chi connectivity index (χ4n) is 1.33. The Morgan fingerprint density at radius 2 is 2.29 bits per heavy atom. The molecule has 2 aromatic rings. The van der Waals surface area contributed by atoms with Gasteiger partial charge in [0.05, 0.1) is 6.42 Å². The van der Waals surface area contributed by atoms with Crippen molar-refractivity contribution in [2.45, 2.75) is 6.42 Å². The van der Waals surface area contributed by atoms with E-state index in [-0.39, 0.29) is 6.42 Å². The Morgan fingerprint density at radius 1 is 1.50 bits per heavy atom. The lowest BCUT2D eigenvalue weighted by Crippen LogP contribution is -1.99. The van der Waals surface area contributed by atoms with Gasteiger partial charge < -0.3 is 5.11 Å². The summed E-state index contributed by atoms with van der Waals surface area (Å²) in [6.45, 7) is 0. The molecular formula is C10H7BrO2S. The van der Waals surface area contributed by atoms with Crippen LogP contribution in [0.15, 0.2) is 28.1 Å². The zero-order chi connectivity index (χ0) is 10.1. The van der Waals surface area contributed by atoms with E-state index < -0.39 is 5.97 Å². The zero-order valence-corrected chi connectivity index (χ0v) is 9.56. The van der Waals surface area contributed by atoms with Gasteiger partial charge in [-0.05, 0) is 33.6 Å². The number of halogens is 1. The highest BCUT2D eigenvalue weighted by atomic mass is 79.9. The second kappa shape index (κ2) is 3.71. The first-order valence-corrected chi connectivity index (χ1v) is 5.71. The Kier molecular flexibility index (Phi) is 2.56. The highest BCUT2D eigenvalue weighted by Crippen LogP contribution is 2.30. The number of hydrogen-bond acceptors (Lipinski definition) is 2. The Balaban J connectivity index is 2.49. The van der Waals surface area contributed by atoms with Crippen molar-refractivity contribution in [3.8, 4) is 0 Å². The van der Waals surface area contributed by atoms with Crippen molar-refractivity contribution >= 4 is 43.3 Å². The third kappa shape index (κ3) is 1.81. The number of rotatable bonds is 2. The molecule has 0 radical (unpaired) electrons. The number of carboxylic acids is 1. The van der Waals surface area contributed by atoms with Gasteiger partial charge in [0.1, 0.15) is 0 Å². The minimum absolute atomic E-state index is 0.0816. The van der Waals surface area contributed by atoms with E-state index in [0.717, 1.165) is 15.4 Å². The molecule has 0 bridgehead atoms. The van der Waals surface area contributed by atoms with Crippen LogP contribution in [0, 0.1) is 0 Å². The van der Waals surface area contributed by atoms with Crippen LogP contribution < -0.4 is 0 Å². The van der Waals surface area contributed by atoms with E-state index in [2.05, 4.69) is 15.9 Å². The summed E-state index contributed by atoms with van der Waals surface area (Å²) in [5, 5.41) is 11.8. The Labute approximate surface area is 93.3 Å². The molecule has 14 heavy (non-hydrogen) atoms. The monoisotopic (exact) mass is 270 g/mol. The van der Waals surface area contributed by atoms with Crippen LogP contribution >= 0.6 is 27.3 Å². The second-order valence-corrected chi connectivity index (χ2v) is 4.75. The van der Waals surface area contributed by atoms with Gasteiger partial charge in [-0.3, -0.25) is 4.79 Å². The number of thiophene rings is 1. The van der Waals surface area contributed by atoms with Crippen molar-refractivity contribution in [3.05, 3.63) is 33.6 Å². The fourth-order valence-corrected chi connectivity index (χ4v) is 2.87. The largest absolute Gasteiger partial charge is 0.481 e. The van der Waals surface area contributed by atoms with E-state index in [1.165, 1.54) is 4.70 Å². The molecule has 0 saturated heterocycles. The van der Waals surface area contributed by atoms with Crippen LogP contribution in [0.5, 0.6) is 0 Å². The van der Waals surface area contributed by atoms with Gasteiger partial charge in [-0.15, -0.1) is 11.3 Å². The Bertz CT molecular complexity index is 490. The molecule has 72 valence electrons. The predicted octanol–water partition coefficient (Wildman–Crippen LogP) is 3.29. The molecule has 4 heteroatoms. The summed E-state index contributed by atoms with van der Waals surface area (Å²) < 4.78 is 2.20. The average Bonchev–Trinajstić information content (AvgIpc) is 2.47. The number of carbonyl (C=O) groups is 1. The minimum atomic E-state index is -0.796. The smallest absolute Gasteiger partial charge is 0.307 e. The molecule has 0 aliphatic rings. The van der Waals surface area contributed by atoms with Gasteiger partial charge >= 0.3 is 5.97 Å². The van der Waals surface area contributed by atoms with E-state index in [9.17, 15) is 4.79 Å². The van der Waals surface area contributed by atoms with Gasteiger partial charge in [0.25, 0.3) is 0 Å². The summed E-state index contributed by atoms with van der Waals surface area (Å²) >= 11 is 5.08. The lowest BCUT2D eigenvalue weighted by atomic mass is 10.1. The van der Waals surface area contributed by atoms with Crippen LogP contribution in [-0.4, -0.2) is 11.1 Å². The fraction of sp³-hybridized carbons (Fsp3) is 0.100. The van der Waals surface area contributed by atoms with Crippen molar-refractivity contribution in [1.82, 2.24) is 0 Å². The van der Waals surface area contributed by atoms with Gasteiger partial charge in [-0.25, -0.2) is 0 Å². The van der Waals surface area contributed by atoms with Crippen molar-refractivity contribution in [1.29, 1.82) is 0 Å². The number of hydrogen-bond donors (Lipinski definition) is 1. The Morgan fingerprint density at radius 3 is 3.00 bits per heavy atom. The molecule has 2 rings (SSSR count). The minimum Gasteiger partial charge on any atom is -0.481 e. The molecule has 0 unspecified atom stereocenters. The molecule has 1 aromatic carbocycles. The molecule has 0 fully saturated rings. The van der Waals surface area contributed by atoms with Gasteiger partial charge in [0.2, 0.25) is 0 Å². The molecule has 2 nitrogen and oxygen atoms in total. The summed E-state index contributed by atoms with van der Waals surface area (Å²) in [7, 11) is 0. The highest BCUT2D eigenvalue weighted by molar-refractivity contribution is 9.10. The number of aliphatic carboxylic acids is 1. The zero-order valence-electron chi connectivity index (χ0n) is 7.16. The maximum Gasteiger partial charge on any atom is 0.307 e. The van der Waals surface area contributed by atoms with E-state index in [1.807, 2.05) is 23.6 Å². The van der Waals surface area contributed by atoms with Crippen molar-refractivity contribution in [3.63, 3.8) is 0 Å². The normalized spacial score (nSPS) is 10.6. The molecular weight excluding hydrogens is 264 g/mol. The summed E-state index contributed by atoms with van der Waals surface area (Å²) in [5.74, 6) is -0.796. The predicted molar refractivity (Wildman–Crippen MR) is 60.9 cm³/mol. The van der Waals surface area contributed by atoms with Crippen LogP contribution in [0.25, 0.3) is 10.1 Å². The summed E-state index contributed by atoms with van der Waals surface area (Å²) in [6.07, 6.45) is 0.0816. The van der Waals surface area contributed by atoms with Gasteiger partial charge in [-0.1, -0.05) is 6.07 Å². The van der Waals surface area contributed by atoms with E-state index >= 15 is 0 Å². The SMILES string of the molecule is O=C(O)Cc1ccc2scc(Br)c2c1.